The lowest BCUT2D eigenvalue weighted by Crippen LogP contribution is -2.40. The van der Waals surface area contributed by atoms with Crippen LogP contribution in [0.4, 0.5) is 0 Å². The maximum absolute atomic E-state index is 13.2. The summed E-state index contributed by atoms with van der Waals surface area (Å²) in [6.45, 7) is 1.48. The smallest absolute Gasteiger partial charge is 0.242 e. The summed E-state index contributed by atoms with van der Waals surface area (Å²) in [6, 6.07) is 15.8. The molecule has 4 aromatic rings. The number of nitrogens with zero attached hydrogens (tertiary/aromatic N) is 3. The Hall–Kier alpha value is -3.13. The van der Waals surface area contributed by atoms with Gasteiger partial charge in [-0.05, 0) is 42.5 Å². The van der Waals surface area contributed by atoms with E-state index in [9.17, 15) is 13.2 Å². The Morgan fingerprint density at radius 2 is 1.81 bits per heavy atom. The van der Waals surface area contributed by atoms with E-state index in [0.29, 0.717) is 30.3 Å². The molecule has 7 nitrogen and oxygen atoms in total. The van der Waals surface area contributed by atoms with Gasteiger partial charge in [0, 0.05) is 36.4 Å². The minimum Gasteiger partial charge on any atom is -0.361 e. The molecule has 0 radical (unpaired) electrons. The molecule has 32 heavy (non-hydrogen) atoms. The monoisotopic (exact) mass is 450 g/mol. The summed E-state index contributed by atoms with van der Waals surface area (Å²) in [5.74, 6) is 0.651. The van der Waals surface area contributed by atoms with E-state index < -0.39 is 9.84 Å². The lowest BCUT2D eigenvalue weighted by Gasteiger charge is -2.32. The van der Waals surface area contributed by atoms with Gasteiger partial charge in [0.2, 0.25) is 5.91 Å². The number of fused-ring (bicyclic) bond motifs is 2. The van der Waals surface area contributed by atoms with Crippen LogP contribution in [0.15, 0.2) is 54.7 Å². The van der Waals surface area contributed by atoms with Gasteiger partial charge in [-0.15, -0.1) is 0 Å². The molecule has 0 bridgehead atoms. The van der Waals surface area contributed by atoms with Gasteiger partial charge in [0.15, 0.2) is 9.84 Å². The number of aromatic amines is 1. The fourth-order valence-corrected chi connectivity index (χ4v) is 5.44. The number of hydrogen-bond acceptors (Lipinski definition) is 4. The van der Waals surface area contributed by atoms with Crippen LogP contribution in [0.3, 0.4) is 0 Å². The average Bonchev–Trinajstić information content (AvgIpc) is 3.34. The van der Waals surface area contributed by atoms with Gasteiger partial charge in [0.05, 0.1) is 11.0 Å². The first-order valence-corrected chi connectivity index (χ1v) is 12.9. The third kappa shape index (κ3) is 4.02. The molecule has 2 aromatic heterocycles. The van der Waals surface area contributed by atoms with Gasteiger partial charge >= 0.3 is 0 Å². The van der Waals surface area contributed by atoms with E-state index in [1.165, 1.54) is 17.2 Å². The number of H-pyrrole nitrogens is 1. The van der Waals surface area contributed by atoms with Crippen molar-refractivity contribution in [3.63, 3.8) is 0 Å². The first-order chi connectivity index (χ1) is 15.4. The van der Waals surface area contributed by atoms with Crippen molar-refractivity contribution in [3.05, 3.63) is 66.1 Å². The lowest BCUT2D eigenvalue weighted by molar-refractivity contribution is -0.132. The molecule has 5 rings (SSSR count). The third-order valence-corrected chi connectivity index (χ3v) is 7.11. The van der Waals surface area contributed by atoms with Crippen molar-refractivity contribution in [2.45, 2.75) is 31.1 Å². The van der Waals surface area contributed by atoms with Crippen molar-refractivity contribution < 1.29 is 13.2 Å². The molecule has 0 spiro atoms. The zero-order chi connectivity index (χ0) is 22.3. The Labute approximate surface area is 187 Å². The summed E-state index contributed by atoms with van der Waals surface area (Å²) in [6.07, 6.45) is 5.11. The quantitative estimate of drug-likeness (QED) is 0.504. The van der Waals surface area contributed by atoms with E-state index in [4.69, 9.17) is 0 Å². The molecular weight excluding hydrogens is 424 g/mol. The second-order valence-corrected chi connectivity index (χ2v) is 10.8. The van der Waals surface area contributed by atoms with Crippen LogP contribution >= 0.6 is 0 Å². The van der Waals surface area contributed by atoms with Gasteiger partial charge in [-0.2, -0.15) is 0 Å². The van der Waals surface area contributed by atoms with Crippen molar-refractivity contribution in [2.75, 3.05) is 19.3 Å². The minimum absolute atomic E-state index is 0.000260. The Kier molecular flexibility index (Phi) is 5.25. The Bertz CT molecular complexity index is 1400. The number of imidazole rings is 1. The maximum Gasteiger partial charge on any atom is 0.242 e. The molecular formula is C24H26N4O3S. The molecule has 1 saturated heterocycles. The molecule has 0 atom stereocenters. The number of benzene rings is 2. The number of carbonyl (C=O) groups is 1. The molecule has 1 fully saturated rings. The summed E-state index contributed by atoms with van der Waals surface area (Å²) in [7, 11) is -3.27. The first kappa shape index (κ1) is 20.8. The number of para-hydroxylation sites is 3. The summed E-state index contributed by atoms with van der Waals surface area (Å²) >= 11 is 0. The molecule has 0 unspecified atom stereocenters. The van der Waals surface area contributed by atoms with Crippen LogP contribution in [-0.2, 0) is 26.9 Å². The molecule has 1 N–H and O–H groups in total. The average molecular weight is 451 g/mol. The number of amides is 1. The maximum atomic E-state index is 13.2. The van der Waals surface area contributed by atoms with Crippen LogP contribution in [0.25, 0.3) is 21.9 Å². The lowest BCUT2D eigenvalue weighted by atomic mass is 9.89. The Morgan fingerprint density at radius 1 is 1.09 bits per heavy atom. The summed E-state index contributed by atoms with van der Waals surface area (Å²) < 4.78 is 25.6. The van der Waals surface area contributed by atoms with Crippen molar-refractivity contribution in [3.8, 4) is 0 Å². The van der Waals surface area contributed by atoms with Crippen molar-refractivity contribution in [1.82, 2.24) is 19.4 Å². The standard InChI is InChI=1S/C24H26N4O3S/c1-32(30,31)16-23-26-21-8-4-5-9-22(21)28(23)15-24(29)27-12-10-17(11-13-27)19-14-25-20-7-3-2-6-18(19)20/h2-9,14,17,25H,10-13,15-16H2,1H3. The van der Waals surface area contributed by atoms with Gasteiger partial charge in [0.25, 0.3) is 0 Å². The molecule has 0 saturated carbocycles. The van der Waals surface area contributed by atoms with E-state index in [1.54, 1.807) is 4.57 Å². The normalized spacial score (nSPS) is 15.6. The van der Waals surface area contributed by atoms with Crippen LogP contribution in [0, 0.1) is 0 Å². The van der Waals surface area contributed by atoms with Crippen LogP contribution in [0.2, 0.25) is 0 Å². The van der Waals surface area contributed by atoms with E-state index in [0.717, 1.165) is 23.9 Å². The molecule has 166 valence electrons. The third-order valence-electron chi connectivity index (χ3n) is 6.33. The summed E-state index contributed by atoms with van der Waals surface area (Å²) in [5, 5.41) is 1.26. The van der Waals surface area contributed by atoms with Crippen molar-refractivity contribution in [2.24, 2.45) is 0 Å². The number of aromatic nitrogens is 3. The number of sulfone groups is 1. The zero-order valence-corrected chi connectivity index (χ0v) is 18.8. The number of hydrogen-bond donors (Lipinski definition) is 1. The zero-order valence-electron chi connectivity index (χ0n) is 18.0. The van der Waals surface area contributed by atoms with Gasteiger partial charge in [-0.1, -0.05) is 30.3 Å². The predicted octanol–water partition coefficient (Wildman–Crippen LogP) is 3.47. The molecule has 3 heterocycles. The van der Waals surface area contributed by atoms with Gasteiger partial charge in [-0.25, -0.2) is 13.4 Å². The van der Waals surface area contributed by atoms with Crippen LogP contribution in [0.1, 0.15) is 30.1 Å². The highest BCUT2D eigenvalue weighted by molar-refractivity contribution is 7.89. The molecule has 1 aliphatic heterocycles. The van der Waals surface area contributed by atoms with Crippen LogP contribution < -0.4 is 0 Å². The molecule has 2 aromatic carbocycles. The van der Waals surface area contributed by atoms with E-state index in [2.05, 4.69) is 34.4 Å². The molecule has 0 aliphatic carbocycles. The van der Waals surface area contributed by atoms with Gasteiger partial charge < -0.3 is 14.5 Å². The fraction of sp³-hybridized carbons (Fsp3) is 0.333. The molecule has 1 aliphatic rings. The number of nitrogens with one attached hydrogen (secondary N) is 1. The van der Waals surface area contributed by atoms with Crippen molar-refractivity contribution in [1.29, 1.82) is 0 Å². The highest BCUT2D eigenvalue weighted by Gasteiger charge is 2.26. The summed E-state index contributed by atoms with van der Waals surface area (Å²) in [4.78, 5) is 22.9. The van der Waals surface area contributed by atoms with Crippen LogP contribution in [-0.4, -0.2) is 53.1 Å². The topological polar surface area (TPSA) is 88.1 Å². The van der Waals surface area contributed by atoms with E-state index >= 15 is 0 Å². The largest absolute Gasteiger partial charge is 0.361 e. The van der Waals surface area contributed by atoms with Crippen molar-refractivity contribution >= 4 is 37.7 Å². The second-order valence-electron chi connectivity index (χ2n) is 8.62. The molecule has 8 heteroatoms. The Balaban J connectivity index is 1.32. The highest BCUT2D eigenvalue weighted by atomic mass is 32.2. The molecule has 1 amide bonds. The fourth-order valence-electron chi connectivity index (χ4n) is 4.75. The minimum atomic E-state index is -3.27. The van der Waals surface area contributed by atoms with Gasteiger partial charge in [-0.3, -0.25) is 4.79 Å². The Morgan fingerprint density at radius 3 is 2.59 bits per heavy atom. The number of rotatable bonds is 5. The summed E-state index contributed by atoms with van der Waals surface area (Å²) in [5.41, 5.74) is 3.96. The predicted molar refractivity (Wildman–Crippen MR) is 125 cm³/mol. The van der Waals surface area contributed by atoms with E-state index in [-0.39, 0.29) is 18.2 Å². The number of piperidine rings is 1. The number of carbonyl (C=O) groups excluding carboxylic acids is 1. The number of likely N-dealkylation sites (tertiary alicyclic amines) is 1. The SMILES string of the molecule is CS(=O)(=O)Cc1nc2ccccc2n1CC(=O)N1CCC(c2c[nH]c3ccccc23)CC1. The highest BCUT2D eigenvalue weighted by Crippen LogP contribution is 2.33. The van der Waals surface area contributed by atoms with Crippen LogP contribution in [0.5, 0.6) is 0 Å². The van der Waals surface area contributed by atoms with E-state index in [1.807, 2.05) is 35.2 Å². The second kappa shape index (κ2) is 8.09. The first-order valence-electron chi connectivity index (χ1n) is 10.8. The van der Waals surface area contributed by atoms with Gasteiger partial charge in [0.1, 0.15) is 18.1 Å².